The van der Waals surface area contributed by atoms with Crippen LogP contribution < -0.4 is 16.8 Å². The van der Waals surface area contributed by atoms with Crippen LogP contribution in [-0.2, 0) is 0 Å². The van der Waals surface area contributed by atoms with Crippen molar-refractivity contribution in [2.45, 2.75) is 0 Å². The summed E-state index contributed by atoms with van der Waals surface area (Å²) >= 11 is 1.71. The van der Waals surface area contributed by atoms with Gasteiger partial charge in [-0.25, -0.2) is 0 Å². The van der Waals surface area contributed by atoms with E-state index in [1.54, 1.807) is 11.3 Å². The van der Waals surface area contributed by atoms with Crippen LogP contribution in [0.25, 0.3) is 0 Å². The molecular formula is C8H18BrN3S. The molecule has 0 unspecified atom stereocenters. The average Bonchev–Trinajstić information content (AvgIpc) is 2.64. The molecule has 1 aliphatic rings. The maximum atomic E-state index is 3.22. The molecule has 13 heavy (non-hydrogen) atoms. The Morgan fingerprint density at radius 2 is 1.23 bits per heavy atom. The second-order valence-electron chi connectivity index (χ2n) is 2.29. The predicted molar refractivity (Wildman–Crippen MR) is 65.4 cm³/mol. The molecule has 1 aromatic heterocycles. The largest absolute Gasteiger partial charge is 0.344 e. The van der Waals surface area contributed by atoms with E-state index in [-0.39, 0.29) is 23.1 Å². The molecule has 1 saturated heterocycles. The summed E-state index contributed by atoms with van der Waals surface area (Å²) in [6.07, 6.45) is 0. The zero-order valence-corrected chi connectivity index (χ0v) is 10.2. The van der Waals surface area contributed by atoms with Gasteiger partial charge in [0, 0.05) is 26.2 Å². The minimum absolute atomic E-state index is 0. The molecule has 0 atom stereocenters. The molecule has 0 radical (unpaired) electrons. The van der Waals surface area contributed by atoms with Crippen LogP contribution in [0.5, 0.6) is 0 Å². The van der Waals surface area contributed by atoms with Crippen LogP contribution in [0, 0.1) is 0 Å². The molecule has 1 fully saturated rings. The third kappa shape index (κ3) is 9.98. The van der Waals surface area contributed by atoms with Gasteiger partial charge in [-0.3, -0.25) is 0 Å². The van der Waals surface area contributed by atoms with Crippen LogP contribution in [0.4, 0.5) is 0 Å². The van der Waals surface area contributed by atoms with Crippen LogP contribution in [0.3, 0.4) is 0 Å². The molecule has 2 heterocycles. The van der Waals surface area contributed by atoms with Gasteiger partial charge in [-0.1, -0.05) is 12.1 Å². The van der Waals surface area contributed by atoms with Gasteiger partial charge >= 0.3 is 0 Å². The van der Waals surface area contributed by atoms with E-state index in [9.17, 15) is 0 Å². The van der Waals surface area contributed by atoms with Gasteiger partial charge in [-0.15, -0.1) is 17.0 Å². The first-order valence-electron chi connectivity index (χ1n) is 3.89. The number of halogens is 1. The van der Waals surface area contributed by atoms with Crippen LogP contribution in [0.15, 0.2) is 22.9 Å². The lowest BCUT2D eigenvalue weighted by molar-refractivity contribution is 0.534. The van der Waals surface area contributed by atoms with Crippen molar-refractivity contribution in [1.82, 2.24) is 16.8 Å². The van der Waals surface area contributed by atoms with E-state index in [0.717, 1.165) is 26.2 Å². The first-order chi connectivity index (χ1) is 5.50. The van der Waals surface area contributed by atoms with E-state index in [1.165, 1.54) is 0 Å². The monoisotopic (exact) mass is 267 g/mol. The van der Waals surface area contributed by atoms with E-state index < -0.39 is 0 Å². The summed E-state index contributed by atoms with van der Waals surface area (Å²) in [5, 5.41) is 10.5. The summed E-state index contributed by atoms with van der Waals surface area (Å²) in [4.78, 5) is 0. The number of hydrogen-bond acceptors (Lipinski definition) is 4. The molecule has 2 rings (SSSR count). The fourth-order valence-electron chi connectivity index (χ4n) is 0.830. The Hall–Kier alpha value is 0.0600. The smallest absolute Gasteiger partial charge is 0.00772 e. The van der Waals surface area contributed by atoms with Gasteiger partial charge < -0.3 is 16.8 Å². The number of piperazine rings is 1. The van der Waals surface area contributed by atoms with Crippen LogP contribution in [-0.4, -0.2) is 26.2 Å². The average molecular weight is 268 g/mol. The number of thiophene rings is 1. The highest BCUT2D eigenvalue weighted by atomic mass is 79.9. The van der Waals surface area contributed by atoms with Crippen LogP contribution in [0.2, 0.25) is 0 Å². The van der Waals surface area contributed by atoms with E-state index >= 15 is 0 Å². The molecule has 1 aromatic rings. The molecule has 0 spiro atoms. The molecule has 1 aliphatic heterocycles. The lowest BCUT2D eigenvalue weighted by Gasteiger charge is -2.11. The third-order valence-electron chi connectivity index (χ3n) is 1.38. The Bertz CT molecular complexity index is 126. The Kier molecular flexibility index (Phi) is 14.4. The second-order valence-corrected chi connectivity index (χ2v) is 3.11. The first-order valence-corrected chi connectivity index (χ1v) is 4.83. The number of nitrogens with one attached hydrogen (secondary N) is 2. The van der Waals surface area contributed by atoms with Crippen LogP contribution >= 0.6 is 28.3 Å². The lowest BCUT2D eigenvalue weighted by Crippen LogP contribution is -2.39. The van der Waals surface area contributed by atoms with Gasteiger partial charge in [0.1, 0.15) is 0 Å². The van der Waals surface area contributed by atoms with Crippen molar-refractivity contribution in [2.75, 3.05) is 26.2 Å². The van der Waals surface area contributed by atoms with Gasteiger partial charge in [0.15, 0.2) is 0 Å². The Morgan fingerprint density at radius 1 is 0.846 bits per heavy atom. The van der Waals surface area contributed by atoms with Crippen LogP contribution in [0.1, 0.15) is 0 Å². The quantitative estimate of drug-likeness (QED) is 0.670. The zero-order chi connectivity index (χ0) is 7.78. The van der Waals surface area contributed by atoms with E-state index in [2.05, 4.69) is 10.6 Å². The maximum absolute atomic E-state index is 3.22. The Morgan fingerprint density at radius 3 is 1.38 bits per heavy atom. The summed E-state index contributed by atoms with van der Waals surface area (Å²) in [5.74, 6) is 0. The predicted octanol–water partition coefficient (Wildman–Crippen LogP) is 1.67. The van der Waals surface area contributed by atoms with Crippen molar-refractivity contribution in [3.8, 4) is 0 Å². The van der Waals surface area contributed by atoms with E-state index in [1.807, 2.05) is 22.9 Å². The molecule has 5 heteroatoms. The summed E-state index contributed by atoms with van der Waals surface area (Å²) in [6, 6.07) is 4.04. The summed E-state index contributed by atoms with van der Waals surface area (Å²) < 4.78 is 0. The Labute approximate surface area is 94.3 Å². The van der Waals surface area contributed by atoms with E-state index in [0.29, 0.717) is 0 Å². The normalized spacial score (nSPS) is 14.2. The highest BCUT2D eigenvalue weighted by Crippen LogP contribution is 1.91. The van der Waals surface area contributed by atoms with Gasteiger partial charge in [0.25, 0.3) is 0 Å². The van der Waals surface area contributed by atoms with Crippen molar-refractivity contribution in [2.24, 2.45) is 0 Å². The highest BCUT2D eigenvalue weighted by molar-refractivity contribution is 8.93. The van der Waals surface area contributed by atoms with Gasteiger partial charge in [-0.2, -0.15) is 11.3 Å². The summed E-state index contributed by atoms with van der Waals surface area (Å²) in [5.41, 5.74) is 0. The minimum Gasteiger partial charge on any atom is -0.344 e. The SMILES string of the molecule is Br.C1CNCCN1.N.c1ccsc1. The summed E-state index contributed by atoms with van der Waals surface area (Å²) in [7, 11) is 0. The second kappa shape index (κ2) is 12.1. The molecule has 0 amide bonds. The van der Waals surface area contributed by atoms with Crippen molar-refractivity contribution in [3.63, 3.8) is 0 Å². The van der Waals surface area contributed by atoms with E-state index in [4.69, 9.17) is 0 Å². The fourth-order valence-corrected chi connectivity index (χ4v) is 1.28. The van der Waals surface area contributed by atoms with Crippen molar-refractivity contribution >= 4 is 28.3 Å². The molecule has 3 nitrogen and oxygen atoms in total. The van der Waals surface area contributed by atoms with Gasteiger partial charge in [0.2, 0.25) is 0 Å². The molecule has 0 bridgehead atoms. The topological polar surface area (TPSA) is 59.1 Å². The van der Waals surface area contributed by atoms with Gasteiger partial charge in [-0.05, 0) is 10.8 Å². The molecule has 0 aromatic carbocycles. The maximum Gasteiger partial charge on any atom is 0.00772 e. The summed E-state index contributed by atoms with van der Waals surface area (Å²) in [6.45, 7) is 4.56. The number of hydrogen-bond donors (Lipinski definition) is 3. The number of rotatable bonds is 0. The minimum atomic E-state index is 0. The highest BCUT2D eigenvalue weighted by Gasteiger charge is 1.91. The van der Waals surface area contributed by atoms with Crippen molar-refractivity contribution in [1.29, 1.82) is 0 Å². The fraction of sp³-hybridized carbons (Fsp3) is 0.500. The van der Waals surface area contributed by atoms with Crippen molar-refractivity contribution < 1.29 is 0 Å². The molecular weight excluding hydrogens is 250 g/mol. The Balaban J connectivity index is 0. The zero-order valence-electron chi connectivity index (χ0n) is 7.66. The molecule has 0 saturated carbocycles. The van der Waals surface area contributed by atoms with Crippen molar-refractivity contribution in [3.05, 3.63) is 22.9 Å². The molecule has 78 valence electrons. The molecule has 5 N–H and O–H groups in total. The third-order valence-corrected chi connectivity index (χ3v) is 2.01. The van der Waals surface area contributed by atoms with Gasteiger partial charge in [0.05, 0.1) is 0 Å². The standard InChI is InChI=1S/C4H10N2.C4H4S.BrH.H3N/c1-2-6-4-3-5-1;1-2-4-5-3-1;;/h5-6H,1-4H2;1-4H;1H;1H3. The lowest BCUT2D eigenvalue weighted by atomic mass is 10.4. The molecule has 0 aliphatic carbocycles. The first kappa shape index (κ1) is 15.5.